The molecule has 3 heteroatoms. The molecule has 76 valence electrons. The highest BCUT2D eigenvalue weighted by Crippen LogP contribution is 2.18. The number of benzene rings is 1. The lowest BCUT2D eigenvalue weighted by Crippen LogP contribution is -2.39. The van der Waals surface area contributed by atoms with Crippen molar-refractivity contribution >= 4 is 15.9 Å². The van der Waals surface area contributed by atoms with Crippen molar-refractivity contribution in [3.05, 3.63) is 34.3 Å². The highest BCUT2D eigenvalue weighted by Gasteiger charge is 2.14. The third-order valence-corrected chi connectivity index (χ3v) is 3.18. The van der Waals surface area contributed by atoms with E-state index in [0.29, 0.717) is 6.10 Å². The van der Waals surface area contributed by atoms with Gasteiger partial charge in [0.2, 0.25) is 0 Å². The van der Waals surface area contributed by atoms with E-state index in [4.69, 9.17) is 4.74 Å². The van der Waals surface area contributed by atoms with Crippen LogP contribution in [0, 0.1) is 0 Å². The van der Waals surface area contributed by atoms with Crippen LogP contribution in [-0.4, -0.2) is 25.8 Å². The summed E-state index contributed by atoms with van der Waals surface area (Å²) in [5.74, 6) is 0. The summed E-state index contributed by atoms with van der Waals surface area (Å²) >= 11 is 3.55. The molecular weight excluding hydrogens is 242 g/mol. The second kappa shape index (κ2) is 4.91. The topological polar surface area (TPSA) is 21.3 Å². The van der Waals surface area contributed by atoms with E-state index in [1.165, 1.54) is 10.0 Å². The van der Waals surface area contributed by atoms with Crippen molar-refractivity contribution in [2.75, 3.05) is 19.7 Å². The van der Waals surface area contributed by atoms with E-state index in [2.05, 4.69) is 39.4 Å². The Balaban J connectivity index is 1.99. The smallest absolute Gasteiger partial charge is 0.0740 e. The Bertz CT molecular complexity index is 297. The van der Waals surface area contributed by atoms with E-state index in [0.717, 1.165) is 26.1 Å². The molecule has 0 amide bonds. The molecule has 1 heterocycles. The zero-order chi connectivity index (χ0) is 9.80. The van der Waals surface area contributed by atoms with Crippen LogP contribution in [0.15, 0.2) is 28.7 Å². The van der Waals surface area contributed by atoms with Crippen LogP contribution in [0.1, 0.15) is 5.56 Å². The Morgan fingerprint density at radius 1 is 1.43 bits per heavy atom. The quantitative estimate of drug-likeness (QED) is 0.873. The van der Waals surface area contributed by atoms with E-state index in [1.807, 2.05) is 6.07 Å². The Morgan fingerprint density at radius 2 is 2.29 bits per heavy atom. The Kier molecular flexibility index (Phi) is 3.56. The summed E-state index contributed by atoms with van der Waals surface area (Å²) in [6.07, 6.45) is 1.30. The number of hydrogen-bond acceptors (Lipinski definition) is 2. The summed E-state index contributed by atoms with van der Waals surface area (Å²) in [6, 6.07) is 8.32. The Hall–Kier alpha value is -0.380. The monoisotopic (exact) mass is 255 g/mol. The largest absolute Gasteiger partial charge is 0.375 e. The first-order valence-corrected chi connectivity index (χ1v) is 5.71. The number of morpholine rings is 1. The summed E-state index contributed by atoms with van der Waals surface area (Å²) in [6.45, 7) is 2.77. The standard InChI is InChI=1S/C11H14BrNO/c12-11-4-2-1-3-9(11)7-10-8-13-5-6-14-10/h1-4,10,13H,5-8H2/t10-/m0/s1. The summed E-state index contributed by atoms with van der Waals surface area (Å²) in [4.78, 5) is 0. The third kappa shape index (κ3) is 2.56. The Labute approximate surface area is 92.8 Å². The van der Waals surface area contributed by atoms with E-state index in [9.17, 15) is 0 Å². The zero-order valence-electron chi connectivity index (χ0n) is 8.00. The van der Waals surface area contributed by atoms with E-state index < -0.39 is 0 Å². The van der Waals surface area contributed by atoms with E-state index in [1.54, 1.807) is 0 Å². The average Bonchev–Trinajstić information content (AvgIpc) is 2.23. The minimum atomic E-state index is 0.322. The van der Waals surface area contributed by atoms with Gasteiger partial charge in [0.1, 0.15) is 0 Å². The molecule has 0 spiro atoms. The summed E-state index contributed by atoms with van der Waals surface area (Å²) < 4.78 is 6.83. The van der Waals surface area contributed by atoms with Crippen molar-refractivity contribution in [1.29, 1.82) is 0 Å². The van der Waals surface area contributed by atoms with Crippen molar-refractivity contribution in [2.45, 2.75) is 12.5 Å². The number of hydrogen-bond donors (Lipinski definition) is 1. The van der Waals surface area contributed by atoms with Crippen LogP contribution in [0.5, 0.6) is 0 Å². The zero-order valence-corrected chi connectivity index (χ0v) is 9.59. The van der Waals surface area contributed by atoms with Gasteiger partial charge < -0.3 is 10.1 Å². The molecule has 1 aliphatic heterocycles. The van der Waals surface area contributed by atoms with Gasteiger partial charge in [0.15, 0.2) is 0 Å². The second-order valence-electron chi connectivity index (χ2n) is 3.49. The van der Waals surface area contributed by atoms with Gasteiger partial charge in [-0.2, -0.15) is 0 Å². The second-order valence-corrected chi connectivity index (χ2v) is 4.35. The molecule has 1 fully saturated rings. The number of halogens is 1. The highest BCUT2D eigenvalue weighted by atomic mass is 79.9. The average molecular weight is 256 g/mol. The molecule has 0 unspecified atom stereocenters. The van der Waals surface area contributed by atoms with Crippen molar-refractivity contribution in [1.82, 2.24) is 5.32 Å². The van der Waals surface area contributed by atoms with E-state index in [-0.39, 0.29) is 0 Å². The lowest BCUT2D eigenvalue weighted by Gasteiger charge is -2.23. The highest BCUT2D eigenvalue weighted by molar-refractivity contribution is 9.10. The molecule has 0 aromatic heterocycles. The van der Waals surface area contributed by atoms with Crippen molar-refractivity contribution in [2.24, 2.45) is 0 Å². The molecule has 14 heavy (non-hydrogen) atoms. The molecule has 2 rings (SSSR count). The number of nitrogens with one attached hydrogen (secondary N) is 1. The van der Waals surface area contributed by atoms with Gasteiger partial charge in [-0.15, -0.1) is 0 Å². The SMILES string of the molecule is Brc1ccccc1C[C@H]1CNCCO1. The molecule has 1 aliphatic rings. The van der Waals surface area contributed by atoms with Crippen LogP contribution in [0.25, 0.3) is 0 Å². The van der Waals surface area contributed by atoms with Gasteiger partial charge in [0, 0.05) is 24.0 Å². The fourth-order valence-electron chi connectivity index (χ4n) is 1.66. The minimum absolute atomic E-state index is 0.322. The number of rotatable bonds is 2. The lowest BCUT2D eigenvalue weighted by molar-refractivity contribution is 0.0291. The first-order chi connectivity index (χ1) is 6.86. The first kappa shape index (κ1) is 10.1. The van der Waals surface area contributed by atoms with E-state index >= 15 is 0 Å². The van der Waals surface area contributed by atoms with Crippen LogP contribution in [0.2, 0.25) is 0 Å². The van der Waals surface area contributed by atoms with Crippen molar-refractivity contribution in [3.8, 4) is 0 Å². The fourth-order valence-corrected chi connectivity index (χ4v) is 2.11. The predicted molar refractivity (Wildman–Crippen MR) is 60.5 cm³/mol. The maximum absolute atomic E-state index is 5.65. The molecule has 0 aliphatic carbocycles. The summed E-state index contributed by atoms with van der Waals surface area (Å²) in [5.41, 5.74) is 1.32. The van der Waals surface area contributed by atoms with Gasteiger partial charge in [-0.25, -0.2) is 0 Å². The molecular formula is C11H14BrNO. The lowest BCUT2D eigenvalue weighted by atomic mass is 10.1. The molecule has 0 bridgehead atoms. The molecule has 1 atom stereocenters. The molecule has 0 radical (unpaired) electrons. The molecule has 1 aromatic carbocycles. The van der Waals surface area contributed by atoms with Crippen LogP contribution in [0.4, 0.5) is 0 Å². The van der Waals surface area contributed by atoms with Gasteiger partial charge in [0.05, 0.1) is 12.7 Å². The van der Waals surface area contributed by atoms with Gasteiger partial charge in [-0.1, -0.05) is 34.1 Å². The first-order valence-electron chi connectivity index (χ1n) is 4.92. The maximum atomic E-state index is 5.65. The van der Waals surface area contributed by atoms with Gasteiger partial charge in [-0.05, 0) is 11.6 Å². The van der Waals surface area contributed by atoms with Gasteiger partial charge in [0.25, 0.3) is 0 Å². The minimum Gasteiger partial charge on any atom is -0.375 e. The summed E-state index contributed by atoms with van der Waals surface area (Å²) in [5, 5.41) is 3.33. The van der Waals surface area contributed by atoms with Gasteiger partial charge in [-0.3, -0.25) is 0 Å². The normalized spacial score (nSPS) is 22.2. The number of ether oxygens (including phenoxy) is 1. The van der Waals surface area contributed by atoms with Crippen LogP contribution >= 0.6 is 15.9 Å². The predicted octanol–water partition coefficient (Wildman–Crippen LogP) is 1.98. The molecule has 1 aromatic rings. The Morgan fingerprint density at radius 3 is 3.00 bits per heavy atom. The van der Waals surface area contributed by atoms with Crippen LogP contribution in [-0.2, 0) is 11.2 Å². The van der Waals surface area contributed by atoms with Crippen LogP contribution < -0.4 is 5.32 Å². The molecule has 2 nitrogen and oxygen atoms in total. The maximum Gasteiger partial charge on any atom is 0.0740 e. The molecule has 0 saturated carbocycles. The molecule has 1 saturated heterocycles. The van der Waals surface area contributed by atoms with Crippen molar-refractivity contribution < 1.29 is 4.74 Å². The molecule has 1 N–H and O–H groups in total. The van der Waals surface area contributed by atoms with Crippen molar-refractivity contribution in [3.63, 3.8) is 0 Å². The fraction of sp³-hybridized carbons (Fsp3) is 0.455. The van der Waals surface area contributed by atoms with Crippen LogP contribution in [0.3, 0.4) is 0 Å². The third-order valence-electron chi connectivity index (χ3n) is 2.41. The summed E-state index contributed by atoms with van der Waals surface area (Å²) in [7, 11) is 0. The van der Waals surface area contributed by atoms with Gasteiger partial charge >= 0.3 is 0 Å².